The quantitative estimate of drug-likeness (QED) is 0.790. The van der Waals surface area contributed by atoms with Gasteiger partial charge in [-0.3, -0.25) is 4.79 Å². The maximum Gasteiger partial charge on any atom is 0.257 e. The third-order valence-electron chi connectivity index (χ3n) is 3.38. The molecule has 2 aromatic rings. The fraction of sp³-hybridized carbons (Fsp3) is 0.333. The molecule has 2 heterocycles. The number of carbonyl (C=O) groups excluding carboxylic acids is 1. The van der Waals surface area contributed by atoms with Crippen molar-refractivity contribution < 1.29 is 4.79 Å². The summed E-state index contributed by atoms with van der Waals surface area (Å²) in [6.45, 7) is 0.704. The molecular formula is C15H16N2OS2. The Morgan fingerprint density at radius 2 is 2.35 bits per heavy atom. The standard InChI is InChI=1S/C15H16N2OS2/c1-19-14-13(3-2-7-16-14)15(18)17(12-4-5-12)9-11-6-8-20-10-11/h2-3,6-8,10,12H,4-5,9H2,1H3. The lowest BCUT2D eigenvalue weighted by Crippen LogP contribution is -2.32. The summed E-state index contributed by atoms with van der Waals surface area (Å²) >= 11 is 3.20. The average Bonchev–Trinajstić information content (AvgIpc) is 3.20. The number of thiophene rings is 1. The molecule has 0 spiro atoms. The smallest absolute Gasteiger partial charge is 0.257 e. The highest BCUT2D eigenvalue weighted by Crippen LogP contribution is 2.31. The van der Waals surface area contributed by atoms with Gasteiger partial charge in [-0.15, -0.1) is 11.8 Å². The molecule has 5 heteroatoms. The van der Waals surface area contributed by atoms with E-state index in [0.29, 0.717) is 12.6 Å². The number of hydrogen-bond acceptors (Lipinski definition) is 4. The van der Waals surface area contributed by atoms with Gasteiger partial charge in [-0.25, -0.2) is 4.98 Å². The predicted molar refractivity (Wildman–Crippen MR) is 83.2 cm³/mol. The van der Waals surface area contributed by atoms with Crippen molar-refractivity contribution in [3.05, 3.63) is 46.3 Å². The van der Waals surface area contributed by atoms with Gasteiger partial charge in [-0.2, -0.15) is 11.3 Å². The number of amides is 1. The molecule has 20 heavy (non-hydrogen) atoms. The second kappa shape index (κ2) is 5.97. The van der Waals surface area contributed by atoms with Gasteiger partial charge in [0.1, 0.15) is 5.03 Å². The van der Waals surface area contributed by atoms with E-state index < -0.39 is 0 Å². The van der Waals surface area contributed by atoms with Crippen molar-refractivity contribution in [1.29, 1.82) is 0 Å². The minimum Gasteiger partial charge on any atom is -0.331 e. The van der Waals surface area contributed by atoms with E-state index in [9.17, 15) is 4.79 Å². The van der Waals surface area contributed by atoms with Gasteiger partial charge in [0.15, 0.2) is 0 Å². The van der Waals surface area contributed by atoms with Crippen molar-refractivity contribution in [1.82, 2.24) is 9.88 Å². The molecule has 0 aromatic carbocycles. The zero-order valence-corrected chi connectivity index (χ0v) is 12.9. The second-order valence-corrected chi connectivity index (χ2v) is 6.43. The van der Waals surface area contributed by atoms with Crippen molar-refractivity contribution in [3.8, 4) is 0 Å². The van der Waals surface area contributed by atoms with E-state index in [1.54, 1.807) is 17.5 Å². The zero-order chi connectivity index (χ0) is 13.9. The van der Waals surface area contributed by atoms with Crippen molar-refractivity contribution in [2.45, 2.75) is 30.5 Å². The number of hydrogen-bond donors (Lipinski definition) is 0. The molecule has 1 aliphatic carbocycles. The number of carbonyl (C=O) groups is 1. The molecule has 1 saturated carbocycles. The summed E-state index contributed by atoms with van der Waals surface area (Å²) in [6.07, 6.45) is 5.93. The molecule has 0 radical (unpaired) electrons. The molecule has 1 amide bonds. The molecule has 1 aliphatic rings. The Kier molecular flexibility index (Phi) is 4.08. The van der Waals surface area contributed by atoms with Gasteiger partial charge in [-0.05, 0) is 53.6 Å². The lowest BCUT2D eigenvalue weighted by Gasteiger charge is -2.22. The van der Waals surface area contributed by atoms with Crippen LogP contribution in [0.2, 0.25) is 0 Å². The van der Waals surface area contributed by atoms with Crippen LogP contribution in [0.5, 0.6) is 0 Å². The third-order valence-corrected chi connectivity index (χ3v) is 4.82. The Morgan fingerprint density at radius 1 is 1.50 bits per heavy atom. The highest BCUT2D eigenvalue weighted by Gasteiger charge is 2.34. The summed E-state index contributed by atoms with van der Waals surface area (Å²) in [5, 5.41) is 4.98. The Morgan fingerprint density at radius 3 is 3.00 bits per heavy atom. The van der Waals surface area contributed by atoms with Gasteiger partial charge >= 0.3 is 0 Å². The average molecular weight is 304 g/mol. The topological polar surface area (TPSA) is 33.2 Å². The Hall–Kier alpha value is -1.33. The maximum atomic E-state index is 12.8. The van der Waals surface area contributed by atoms with Gasteiger partial charge in [-0.1, -0.05) is 0 Å². The lowest BCUT2D eigenvalue weighted by molar-refractivity contribution is 0.0725. The fourth-order valence-corrected chi connectivity index (χ4v) is 3.40. The molecule has 104 valence electrons. The van der Waals surface area contributed by atoms with Crippen LogP contribution in [0.3, 0.4) is 0 Å². The van der Waals surface area contributed by atoms with Crippen molar-refractivity contribution >= 4 is 29.0 Å². The van der Waals surface area contributed by atoms with E-state index >= 15 is 0 Å². The zero-order valence-electron chi connectivity index (χ0n) is 11.3. The molecule has 0 aliphatic heterocycles. The van der Waals surface area contributed by atoms with Crippen molar-refractivity contribution in [3.63, 3.8) is 0 Å². The Balaban J connectivity index is 1.85. The molecule has 1 fully saturated rings. The molecule has 3 nitrogen and oxygen atoms in total. The first-order valence-corrected chi connectivity index (χ1v) is 8.77. The van der Waals surface area contributed by atoms with Gasteiger partial charge in [0.05, 0.1) is 5.56 Å². The normalized spacial score (nSPS) is 14.2. The Bertz CT molecular complexity index is 594. The van der Waals surface area contributed by atoms with Gasteiger partial charge in [0.2, 0.25) is 0 Å². The fourth-order valence-electron chi connectivity index (χ4n) is 2.20. The van der Waals surface area contributed by atoms with Crippen LogP contribution < -0.4 is 0 Å². The third kappa shape index (κ3) is 2.88. The summed E-state index contributed by atoms with van der Waals surface area (Å²) in [5.74, 6) is 0.108. The van der Waals surface area contributed by atoms with Crippen LogP contribution in [0, 0.1) is 0 Å². The first kappa shape index (κ1) is 13.6. The number of thioether (sulfide) groups is 1. The molecule has 0 atom stereocenters. The predicted octanol–water partition coefficient (Wildman–Crippen LogP) is 3.67. The highest BCUT2D eigenvalue weighted by atomic mass is 32.2. The van der Waals surface area contributed by atoms with Crippen LogP contribution >= 0.6 is 23.1 Å². The summed E-state index contributed by atoms with van der Waals surface area (Å²) < 4.78 is 0. The van der Waals surface area contributed by atoms with Gasteiger partial charge in [0, 0.05) is 18.8 Å². The molecule has 3 rings (SSSR count). The van der Waals surface area contributed by atoms with E-state index in [2.05, 4.69) is 21.8 Å². The Labute approximate surface area is 127 Å². The SMILES string of the molecule is CSc1ncccc1C(=O)N(Cc1ccsc1)C1CC1. The van der Waals surface area contributed by atoms with E-state index in [-0.39, 0.29) is 5.91 Å². The van der Waals surface area contributed by atoms with E-state index in [4.69, 9.17) is 0 Å². The van der Waals surface area contributed by atoms with Crippen LogP contribution in [0.25, 0.3) is 0 Å². The molecule has 0 saturated heterocycles. The maximum absolute atomic E-state index is 12.8. The van der Waals surface area contributed by atoms with Gasteiger partial charge in [0.25, 0.3) is 5.91 Å². The van der Waals surface area contributed by atoms with Crippen LogP contribution in [-0.2, 0) is 6.54 Å². The number of aromatic nitrogens is 1. The van der Waals surface area contributed by atoms with Crippen LogP contribution in [0.4, 0.5) is 0 Å². The van der Waals surface area contributed by atoms with E-state index in [1.165, 1.54) is 17.3 Å². The van der Waals surface area contributed by atoms with Gasteiger partial charge < -0.3 is 4.90 Å². The minimum absolute atomic E-state index is 0.108. The first-order valence-electron chi connectivity index (χ1n) is 6.60. The number of nitrogens with zero attached hydrogens (tertiary/aromatic N) is 2. The monoisotopic (exact) mass is 304 g/mol. The number of pyridine rings is 1. The lowest BCUT2D eigenvalue weighted by atomic mass is 10.2. The van der Waals surface area contributed by atoms with Crippen LogP contribution in [-0.4, -0.2) is 28.1 Å². The number of rotatable bonds is 5. The summed E-state index contributed by atoms with van der Waals surface area (Å²) in [7, 11) is 0. The van der Waals surface area contributed by atoms with Crippen LogP contribution in [0.15, 0.2) is 40.2 Å². The summed E-state index contributed by atoms with van der Waals surface area (Å²) in [5.41, 5.74) is 1.94. The summed E-state index contributed by atoms with van der Waals surface area (Å²) in [4.78, 5) is 19.1. The summed E-state index contributed by atoms with van der Waals surface area (Å²) in [6, 6.07) is 6.20. The molecule has 0 unspecified atom stereocenters. The largest absolute Gasteiger partial charge is 0.331 e. The van der Waals surface area contributed by atoms with Crippen molar-refractivity contribution in [2.24, 2.45) is 0 Å². The first-order chi connectivity index (χ1) is 9.79. The molecule has 2 aromatic heterocycles. The van der Waals surface area contributed by atoms with E-state index in [0.717, 1.165) is 23.4 Å². The molecular weight excluding hydrogens is 288 g/mol. The molecule has 0 N–H and O–H groups in total. The van der Waals surface area contributed by atoms with Crippen LogP contribution in [0.1, 0.15) is 28.8 Å². The van der Waals surface area contributed by atoms with Crippen molar-refractivity contribution in [2.75, 3.05) is 6.26 Å². The highest BCUT2D eigenvalue weighted by molar-refractivity contribution is 7.98. The molecule has 0 bridgehead atoms. The minimum atomic E-state index is 0.108. The second-order valence-electron chi connectivity index (χ2n) is 4.86. The van der Waals surface area contributed by atoms with E-state index in [1.807, 2.05) is 23.3 Å².